The zero-order chi connectivity index (χ0) is 15.1. The molecule has 2 unspecified atom stereocenters. The molecule has 1 aliphatic carbocycles. The van der Waals surface area contributed by atoms with Crippen molar-refractivity contribution in [3.63, 3.8) is 0 Å². The second kappa shape index (κ2) is 5.17. The van der Waals surface area contributed by atoms with Gasteiger partial charge in [-0.2, -0.15) is 0 Å². The Hall–Kier alpha value is -0.840. The molecule has 2 fully saturated rings. The van der Waals surface area contributed by atoms with Crippen LogP contribution in [0.1, 0.15) is 40.5 Å². The predicted octanol–water partition coefficient (Wildman–Crippen LogP) is 1.92. The van der Waals surface area contributed by atoms with E-state index in [9.17, 15) is 13.2 Å². The molecule has 0 aromatic rings. The molecule has 1 heterocycles. The largest absolute Gasteiger partial charge is 0.353 e. The maximum Gasteiger partial charge on any atom is 0.224 e. The van der Waals surface area contributed by atoms with Gasteiger partial charge in [0.15, 0.2) is 0 Å². The molecule has 0 bridgehead atoms. The minimum Gasteiger partial charge on any atom is -0.353 e. The Labute approximate surface area is 121 Å². The van der Waals surface area contributed by atoms with Gasteiger partial charge in [0.2, 0.25) is 5.91 Å². The summed E-state index contributed by atoms with van der Waals surface area (Å²) >= 11 is 0. The third-order valence-corrected chi connectivity index (χ3v) is 6.32. The molecule has 2 rings (SSSR count). The molecule has 0 radical (unpaired) electrons. The standard InChI is InChI=1S/C15H25NO3S/c1-10(2)9-12-13(15(12,3)4)14(17)16-11-5-7-20(18,19)8-6-11/h9,11-13H,5-8H2,1-4H3,(H,16,17). The summed E-state index contributed by atoms with van der Waals surface area (Å²) < 4.78 is 22.8. The van der Waals surface area contributed by atoms with E-state index in [0.29, 0.717) is 18.8 Å². The molecule has 2 atom stereocenters. The minimum absolute atomic E-state index is 0.0160. The van der Waals surface area contributed by atoms with Gasteiger partial charge in [-0.15, -0.1) is 0 Å². The van der Waals surface area contributed by atoms with Crippen LogP contribution in [0.25, 0.3) is 0 Å². The fraction of sp³-hybridized carbons (Fsp3) is 0.800. The van der Waals surface area contributed by atoms with Gasteiger partial charge in [-0.05, 0) is 38.0 Å². The topological polar surface area (TPSA) is 63.2 Å². The second-order valence-corrected chi connectivity index (χ2v) is 9.31. The van der Waals surface area contributed by atoms with Crippen LogP contribution >= 0.6 is 0 Å². The molecule has 1 aliphatic heterocycles. The van der Waals surface area contributed by atoms with Crippen molar-refractivity contribution in [2.45, 2.75) is 46.6 Å². The molecule has 1 amide bonds. The molecule has 1 saturated heterocycles. The van der Waals surface area contributed by atoms with Crippen molar-refractivity contribution in [2.75, 3.05) is 11.5 Å². The fourth-order valence-corrected chi connectivity index (χ4v) is 4.67. The van der Waals surface area contributed by atoms with Crippen molar-refractivity contribution in [1.82, 2.24) is 5.32 Å². The van der Waals surface area contributed by atoms with Crippen molar-refractivity contribution in [3.05, 3.63) is 11.6 Å². The van der Waals surface area contributed by atoms with E-state index in [1.807, 2.05) is 0 Å². The van der Waals surface area contributed by atoms with Crippen molar-refractivity contribution >= 4 is 15.7 Å². The van der Waals surface area contributed by atoms with Crippen LogP contribution < -0.4 is 5.32 Å². The van der Waals surface area contributed by atoms with Gasteiger partial charge >= 0.3 is 0 Å². The quantitative estimate of drug-likeness (QED) is 0.810. The van der Waals surface area contributed by atoms with Gasteiger partial charge in [-0.25, -0.2) is 8.42 Å². The van der Waals surface area contributed by atoms with Crippen LogP contribution in [0, 0.1) is 17.3 Å². The van der Waals surface area contributed by atoms with Gasteiger partial charge in [0.25, 0.3) is 0 Å². The molecule has 0 aromatic carbocycles. The van der Waals surface area contributed by atoms with Crippen LogP contribution in [0.15, 0.2) is 11.6 Å². The molecule has 4 nitrogen and oxygen atoms in total. The van der Waals surface area contributed by atoms with Crippen LogP contribution in [-0.4, -0.2) is 31.9 Å². The average molecular weight is 299 g/mol. The smallest absolute Gasteiger partial charge is 0.224 e. The molecule has 1 N–H and O–H groups in total. The minimum atomic E-state index is -2.87. The van der Waals surface area contributed by atoms with Crippen LogP contribution in [0.5, 0.6) is 0 Å². The summed E-state index contributed by atoms with van der Waals surface area (Å²) in [4.78, 5) is 12.4. The molecule has 0 spiro atoms. The number of nitrogens with one attached hydrogen (secondary N) is 1. The van der Waals surface area contributed by atoms with E-state index in [1.165, 1.54) is 5.57 Å². The van der Waals surface area contributed by atoms with Crippen molar-refractivity contribution in [1.29, 1.82) is 0 Å². The molecule has 2 aliphatic rings. The molecular formula is C15H25NO3S. The number of allylic oxidation sites excluding steroid dienone is 2. The predicted molar refractivity (Wildman–Crippen MR) is 80.0 cm³/mol. The summed E-state index contributed by atoms with van der Waals surface area (Å²) in [6.45, 7) is 8.34. The number of hydrogen-bond acceptors (Lipinski definition) is 3. The molecule has 1 saturated carbocycles. The van der Waals surface area contributed by atoms with Gasteiger partial charge < -0.3 is 5.32 Å². The lowest BCUT2D eigenvalue weighted by Gasteiger charge is -2.23. The van der Waals surface area contributed by atoms with E-state index in [-0.39, 0.29) is 34.8 Å². The third kappa shape index (κ3) is 3.25. The van der Waals surface area contributed by atoms with E-state index in [2.05, 4.69) is 39.1 Å². The molecule has 20 heavy (non-hydrogen) atoms. The zero-order valence-electron chi connectivity index (χ0n) is 12.8. The SMILES string of the molecule is CC(C)=CC1C(C(=O)NC2CCS(=O)(=O)CC2)C1(C)C. The summed E-state index contributed by atoms with van der Waals surface area (Å²) in [5.41, 5.74) is 1.25. The van der Waals surface area contributed by atoms with E-state index in [4.69, 9.17) is 0 Å². The van der Waals surface area contributed by atoms with Crippen LogP contribution in [0.4, 0.5) is 0 Å². The van der Waals surface area contributed by atoms with Gasteiger partial charge in [-0.3, -0.25) is 4.79 Å². The number of rotatable bonds is 3. The van der Waals surface area contributed by atoms with Crippen LogP contribution in [0.2, 0.25) is 0 Å². The highest BCUT2D eigenvalue weighted by molar-refractivity contribution is 7.91. The highest BCUT2D eigenvalue weighted by Gasteiger charge is 2.60. The maximum atomic E-state index is 12.4. The third-order valence-electron chi connectivity index (χ3n) is 4.61. The second-order valence-electron chi connectivity index (χ2n) is 7.00. The maximum absolute atomic E-state index is 12.4. The Bertz CT molecular complexity index is 515. The highest BCUT2D eigenvalue weighted by Crippen LogP contribution is 2.59. The van der Waals surface area contributed by atoms with Crippen molar-refractivity contribution < 1.29 is 13.2 Å². The monoisotopic (exact) mass is 299 g/mol. The van der Waals surface area contributed by atoms with Gasteiger partial charge in [0.05, 0.1) is 17.4 Å². The van der Waals surface area contributed by atoms with Crippen molar-refractivity contribution in [2.24, 2.45) is 17.3 Å². The normalized spacial score (nSPS) is 31.4. The molecule has 5 heteroatoms. The summed E-state index contributed by atoms with van der Waals surface area (Å²) in [5, 5.41) is 3.04. The van der Waals surface area contributed by atoms with E-state index < -0.39 is 9.84 Å². The van der Waals surface area contributed by atoms with E-state index >= 15 is 0 Å². The summed E-state index contributed by atoms with van der Waals surface area (Å²) in [6.07, 6.45) is 3.28. The number of carbonyl (C=O) groups excluding carboxylic acids is 1. The summed E-state index contributed by atoms with van der Waals surface area (Å²) in [7, 11) is -2.87. The number of amides is 1. The van der Waals surface area contributed by atoms with Crippen LogP contribution in [-0.2, 0) is 14.6 Å². The Morgan fingerprint density at radius 1 is 1.20 bits per heavy atom. The first-order chi connectivity index (χ1) is 9.13. The first-order valence-electron chi connectivity index (χ1n) is 7.29. The Kier molecular flexibility index (Phi) is 4.02. The van der Waals surface area contributed by atoms with Crippen LogP contribution in [0.3, 0.4) is 0 Å². The molecule has 0 aromatic heterocycles. The lowest BCUT2D eigenvalue weighted by Crippen LogP contribution is -2.42. The first kappa shape index (κ1) is 15.5. The summed E-state index contributed by atoms with van der Waals surface area (Å²) in [6, 6.07) is 0.0229. The highest BCUT2D eigenvalue weighted by atomic mass is 32.2. The van der Waals surface area contributed by atoms with Crippen molar-refractivity contribution in [3.8, 4) is 0 Å². The van der Waals surface area contributed by atoms with E-state index in [0.717, 1.165) is 0 Å². The Morgan fingerprint density at radius 3 is 2.25 bits per heavy atom. The molecular weight excluding hydrogens is 274 g/mol. The zero-order valence-corrected chi connectivity index (χ0v) is 13.6. The van der Waals surface area contributed by atoms with Gasteiger partial charge in [0, 0.05) is 6.04 Å². The van der Waals surface area contributed by atoms with Gasteiger partial charge in [0.1, 0.15) is 9.84 Å². The Morgan fingerprint density at radius 2 is 1.75 bits per heavy atom. The summed E-state index contributed by atoms with van der Waals surface area (Å²) in [5.74, 6) is 0.810. The Balaban J connectivity index is 1.92. The first-order valence-corrected chi connectivity index (χ1v) is 9.11. The number of carbonyl (C=O) groups is 1. The fourth-order valence-electron chi connectivity index (χ4n) is 3.17. The lowest BCUT2D eigenvalue weighted by atomic mass is 10.1. The number of sulfone groups is 1. The molecule has 114 valence electrons. The lowest BCUT2D eigenvalue weighted by molar-refractivity contribution is -0.123. The number of hydrogen-bond donors (Lipinski definition) is 1. The van der Waals surface area contributed by atoms with Gasteiger partial charge in [-0.1, -0.05) is 25.5 Å². The van der Waals surface area contributed by atoms with E-state index in [1.54, 1.807) is 0 Å². The average Bonchev–Trinajstić information content (AvgIpc) is 2.82.